The summed E-state index contributed by atoms with van der Waals surface area (Å²) >= 11 is 0. The second-order valence-corrected chi connectivity index (χ2v) is 3.11. The Morgan fingerprint density at radius 2 is 2.38 bits per heavy atom. The van der Waals surface area contributed by atoms with E-state index in [0.717, 1.165) is 11.5 Å². The molecular formula is C9H12N4. The molecule has 4 heteroatoms. The minimum Gasteiger partial charge on any atom is -0.330 e. The summed E-state index contributed by atoms with van der Waals surface area (Å²) in [6, 6.07) is 5.80. The van der Waals surface area contributed by atoms with Crippen LogP contribution in [0.1, 0.15) is 18.7 Å². The van der Waals surface area contributed by atoms with E-state index in [9.17, 15) is 0 Å². The summed E-state index contributed by atoms with van der Waals surface area (Å²) in [4.78, 5) is 4.36. The van der Waals surface area contributed by atoms with Crippen LogP contribution >= 0.6 is 0 Å². The molecule has 0 spiro atoms. The number of hydrogen-bond acceptors (Lipinski definition) is 3. The molecule has 1 unspecified atom stereocenters. The molecule has 2 heterocycles. The zero-order chi connectivity index (χ0) is 9.26. The van der Waals surface area contributed by atoms with Gasteiger partial charge >= 0.3 is 0 Å². The van der Waals surface area contributed by atoms with Crippen LogP contribution in [0, 0.1) is 0 Å². The van der Waals surface area contributed by atoms with Crippen molar-refractivity contribution < 1.29 is 0 Å². The molecule has 0 fully saturated rings. The molecule has 2 aromatic heterocycles. The minimum absolute atomic E-state index is 0.222. The maximum Gasteiger partial charge on any atom is 0.155 e. The minimum atomic E-state index is 0.222. The topological polar surface area (TPSA) is 56.2 Å². The summed E-state index contributed by atoms with van der Waals surface area (Å²) in [5.74, 6) is 1.04. The molecule has 0 saturated heterocycles. The molecule has 2 N–H and O–H groups in total. The van der Waals surface area contributed by atoms with Crippen molar-refractivity contribution in [1.29, 1.82) is 0 Å². The lowest BCUT2D eigenvalue weighted by Crippen LogP contribution is -2.10. The van der Waals surface area contributed by atoms with Crippen LogP contribution in [0.2, 0.25) is 0 Å². The highest BCUT2D eigenvalue weighted by atomic mass is 15.3. The number of pyridine rings is 1. The van der Waals surface area contributed by atoms with E-state index in [1.54, 1.807) is 4.52 Å². The molecule has 0 aliphatic rings. The lowest BCUT2D eigenvalue weighted by Gasteiger charge is -1.99. The van der Waals surface area contributed by atoms with Crippen molar-refractivity contribution in [3.05, 3.63) is 30.2 Å². The van der Waals surface area contributed by atoms with Gasteiger partial charge in [-0.15, -0.1) is 0 Å². The van der Waals surface area contributed by atoms with E-state index in [1.807, 2.05) is 31.3 Å². The average Bonchev–Trinajstić information content (AvgIpc) is 2.59. The highest BCUT2D eigenvalue weighted by molar-refractivity contribution is 5.36. The predicted molar refractivity (Wildman–Crippen MR) is 50.5 cm³/mol. The maximum atomic E-state index is 5.54. The molecule has 2 rings (SSSR count). The van der Waals surface area contributed by atoms with Crippen molar-refractivity contribution in [2.75, 3.05) is 6.54 Å². The third-order valence-corrected chi connectivity index (χ3v) is 2.05. The Hall–Kier alpha value is -1.42. The summed E-state index contributed by atoms with van der Waals surface area (Å²) in [7, 11) is 0. The summed E-state index contributed by atoms with van der Waals surface area (Å²) in [5, 5.41) is 4.31. The molecule has 2 aromatic rings. The second kappa shape index (κ2) is 3.14. The predicted octanol–water partition coefficient (Wildman–Crippen LogP) is 0.792. The Kier molecular flexibility index (Phi) is 1.98. The first-order chi connectivity index (χ1) is 6.31. The Labute approximate surface area is 76.4 Å². The van der Waals surface area contributed by atoms with Crippen molar-refractivity contribution in [2.45, 2.75) is 12.8 Å². The van der Waals surface area contributed by atoms with Crippen LogP contribution in [0.4, 0.5) is 0 Å². The molecule has 0 bridgehead atoms. The molecule has 0 aromatic carbocycles. The molecule has 68 valence electrons. The molecule has 0 amide bonds. The summed E-state index contributed by atoms with van der Waals surface area (Å²) in [5.41, 5.74) is 6.41. The van der Waals surface area contributed by atoms with E-state index < -0.39 is 0 Å². The number of nitrogens with two attached hydrogens (primary N) is 1. The molecule has 0 aliphatic heterocycles. The Morgan fingerprint density at radius 1 is 1.54 bits per heavy atom. The molecule has 4 nitrogen and oxygen atoms in total. The first-order valence-corrected chi connectivity index (χ1v) is 4.32. The van der Waals surface area contributed by atoms with Gasteiger partial charge in [0.25, 0.3) is 0 Å². The van der Waals surface area contributed by atoms with Gasteiger partial charge in [-0.05, 0) is 12.1 Å². The first-order valence-electron chi connectivity index (χ1n) is 4.32. The summed E-state index contributed by atoms with van der Waals surface area (Å²) < 4.78 is 1.77. The number of fused-ring (bicyclic) bond motifs is 1. The van der Waals surface area contributed by atoms with E-state index in [-0.39, 0.29) is 5.92 Å². The molecule has 1 atom stereocenters. The van der Waals surface area contributed by atoms with Crippen LogP contribution in [0.25, 0.3) is 5.65 Å². The normalized spacial score (nSPS) is 13.4. The van der Waals surface area contributed by atoms with Crippen molar-refractivity contribution >= 4 is 5.65 Å². The number of hydrogen-bond donors (Lipinski definition) is 1. The summed E-state index contributed by atoms with van der Waals surface area (Å²) in [6.45, 7) is 2.60. The SMILES string of the molecule is CC(CN)c1nc2ccccn2n1. The van der Waals surface area contributed by atoms with Gasteiger partial charge in [0.2, 0.25) is 0 Å². The molecule has 0 aliphatic carbocycles. The van der Waals surface area contributed by atoms with Crippen molar-refractivity contribution in [3.63, 3.8) is 0 Å². The molecule has 0 radical (unpaired) electrons. The van der Waals surface area contributed by atoms with Crippen LogP contribution < -0.4 is 5.73 Å². The number of rotatable bonds is 2. The van der Waals surface area contributed by atoms with Crippen LogP contribution in [0.5, 0.6) is 0 Å². The monoisotopic (exact) mass is 176 g/mol. The van der Waals surface area contributed by atoms with E-state index >= 15 is 0 Å². The van der Waals surface area contributed by atoms with E-state index in [4.69, 9.17) is 5.73 Å². The Bertz CT molecular complexity index is 374. The fourth-order valence-electron chi connectivity index (χ4n) is 1.16. The number of aromatic nitrogens is 3. The van der Waals surface area contributed by atoms with Crippen LogP contribution in [0.15, 0.2) is 24.4 Å². The van der Waals surface area contributed by atoms with E-state index in [1.165, 1.54) is 0 Å². The van der Waals surface area contributed by atoms with E-state index in [0.29, 0.717) is 6.54 Å². The molecule has 13 heavy (non-hydrogen) atoms. The highest BCUT2D eigenvalue weighted by Crippen LogP contribution is 2.09. The van der Waals surface area contributed by atoms with Crippen molar-refractivity contribution in [1.82, 2.24) is 14.6 Å². The lowest BCUT2D eigenvalue weighted by atomic mass is 10.2. The third kappa shape index (κ3) is 1.40. The highest BCUT2D eigenvalue weighted by Gasteiger charge is 2.09. The maximum absolute atomic E-state index is 5.54. The van der Waals surface area contributed by atoms with Crippen LogP contribution in [-0.2, 0) is 0 Å². The molecular weight excluding hydrogens is 164 g/mol. The van der Waals surface area contributed by atoms with Crippen LogP contribution in [0.3, 0.4) is 0 Å². The standard InChI is InChI=1S/C9H12N4/c1-7(6-10)9-11-8-4-2-3-5-13(8)12-9/h2-5,7H,6,10H2,1H3. The van der Waals surface area contributed by atoms with Crippen LogP contribution in [-0.4, -0.2) is 21.1 Å². The van der Waals surface area contributed by atoms with Gasteiger partial charge in [0, 0.05) is 18.7 Å². The van der Waals surface area contributed by atoms with E-state index in [2.05, 4.69) is 10.1 Å². The second-order valence-electron chi connectivity index (χ2n) is 3.11. The van der Waals surface area contributed by atoms with Gasteiger partial charge in [-0.2, -0.15) is 5.10 Å². The van der Waals surface area contributed by atoms with Gasteiger partial charge in [-0.1, -0.05) is 13.0 Å². The van der Waals surface area contributed by atoms with Gasteiger partial charge in [0.15, 0.2) is 11.5 Å². The lowest BCUT2D eigenvalue weighted by molar-refractivity contribution is 0.708. The Morgan fingerprint density at radius 3 is 3.08 bits per heavy atom. The van der Waals surface area contributed by atoms with Gasteiger partial charge in [-0.3, -0.25) is 0 Å². The zero-order valence-electron chi connectivity index (χ0n) is 7.51. The van der Waals surface area contributed by atoms with Crippen molar-refractivity contribution in [2.24, 2.45) is 5.73 Å². The largest absolute Gasteiger partial charge is 0.330 e. The Balaban J connectivity index is 2.49. The summed E-state index contributed by atoms with van der Waals surface area (Å²) in [6.07, 6.45) is 1.88. The number of nitrogens with zero attached hydrogens (tertiary/aromatic N) is 3. The van der Waals surface area contributed by atoms with Crippen molar-refractivity contribution in [3.8, 4) is 0 Å². The average molecular weight is 176 g/mol. The molecule has 0 saturated carbocycles. The van der Waals surface area contributed by atoms with Gasteiger partial charge in [-0.25, -0.2) is 9.50 Å². The van der Waals surface area contributed by atoms with Gasteiger partial charge in [0.05, 0.1) is 0 Å². The smallest absolute Gasteiger partial charge is 0.155 e. The first kappa shape index (κ1) is 8.19. The van der Waals surface area contributed by atoms with Gasteiger partial charge in [0.1, 0.15) is 0 Å². The fourth-order valence-corrected chi connectivity index (χ4v) is 1.16. The van der Waals surface area contributed by atoms with Gasteiger partial charge < -0.3 is 5.73 Å². The third-order valence-electron chi connectivity index (χ3n) is 2.05. The zero-order valence-corrected chi connectivity index (χ0v) is 7.51. The quantitative estimate of drug-likeness (QED) is 0.736. The fraction of sp³-hybridized carbons (Fsp3) is 0.333.